The molecule has 22 heavy (non-hydrogen) atoms. The maximum atomic E-state index is 12.6. The van der Waals surface area contributed by atoms with Crippen molar-refractivity contribution < 1.29 is 26.3 Å². The van der Waals surface area contributed by atoms with E-state index in [9.17, 15) is 4.79 Å². The van der Waals surface area contributed by atoms with Crippen LogP contribution in [0.25, 0.3) is 0 Å². The predicted molar refractivity (Wildman–Crippen MR) is 85.4 cm³/mol. The number of nitrogens with zero attached hydrogens (tertiary/aromatic N) is 1. The van der Waals surface area contributed by atoms with Crippen LogP contribution in [0.4, 0.5) is 5.69 Å². The summed E-state index contributed by atoms with van der Waals surface area (Å²) in [6, 6.07) is 11.8. The number of hydrogen-bond donors (Lipinski definition) is 1. The van der Waals surface area contributed by atoms with Gasteiger partial charge in [-0.2, -0.15) is 4.57 Å². The Balaban J connectivity index is 0.00000242. The molecule has 0 saturated heterocycles. The molecule has 2 aromatic rings. The molecule has 0 saturated carbocycles. The first-order chi connectivity index (χ1) is 10.1. The molecule has 1 aromatic heterocycles. The number of carbonyl (C=O) groups excluding carboxylic acids is 1. The number of aromatic nitrogens is 1. The molecule has 3 nitrogen and oxygen atoms in total. The van der Waals surface area contributed by atoms with Crippen molar-refractivity contribution in [2.75, 3.05) is 5.32 Å². The van der Waals surface area contributed by atoms with Gasteiger partial charge in [-0.1, -0.05) is 31.5 Å². The Labute approximate surface area is 143 Å². The number of benzene rings is 1. The van der Waals surface area contributed by atoms with Crippen LogP contribution in [-0.4, -0.2) is 5.91 Å². The van der Waals surface area contributed by atoms with Crippen molar-refractivity contribution in [3.05, 3.63) is 59.4 Å². The number of halogens is 1. The van der Waals surface area contributed by atoms with Crippen molar-refractivity contribution >= 4 is 11.6 Å². The number of anilines is 1. The van der Waals surface area contributed by atoms with Crippen LogP contribution in [0.5, 0.6) is 0 Å². The second kappa shape index (κ2) is 8.69. The highest BCUT2D eigenvalue weighted by Crippen LogP contribution is 2.19. The second-order valence-electron chi connectivity index (χ2n) is 5.35. The summed E-state index contributed by atoms with van der Waals surface area (Å²) < 4.78 is 2.02. The maximum Gasteiger partial charge on any atom is 0.320 e. The van der Waals surface area contributed by atoms with Gasteiger partial charge in [0.1, 0.15) is 6.54 Å². The standard InChI is InChI=1S/C18H22N2O.BrH/c1-4-5-12-20-13-7-6-11-16(20)18(21)19-17-14(2)9-8-10-15(17)3;/h6-11,13H,4-5,12H2,1-3H3;1H. The van der Waals surface area contributed by atoms with Crippen molar-refractivity contribution in [1.82, 2.24) is 0 Å². The van der Waals surface area contributed by atoms with Gasteiger partial charge in [0.05, 0.1) is 0 Å². The zero-order chi connectivity index (χ0) is 15.2. The van der Waals surface area contributed by atoms with Crippen LogP contribution < -0.4 is 26.9 Å². The number of rotatable bonds is 5. The third-order valence-corrected chi connectivity index (χ3v) is 3.65. The van der Waals surface area contributed by atoms with Crippen LogP contribution >= 0.6 is 0 Å². The quantitative estimate of drug-likeness (QED) is 0.778. The van der Waals surface area contributed by atoms with E-state index in [2.05, 4.69) is 12.2 Å². The van der Waals surface area contributed by atoms with Gasteiger partial charge in [-0.15, -0.1) is 0 Å². The minimum atomic E-state index is -0.0518. The molecule has 0 unspecified atom stereocenters. The van der Waals surface area contributed by atoms with Gasteiger partial charge in [-0.25, -0.2) is 0 Å². The first kappa shape index (κ1) is 18.4. The molecule has 2 rings (SSSR count). The number of pyridine rings is 1. The second-order valence-corrected chi connectivity index (χ2v) is 5.35. The number of nitrogens with one attached hydrogen (secondary N) is 1. The Morgan fingerprint density at radius 3 is 2.41 bits per heavy atom. The molecule has 0 bridgehead atoms. The van der Waals surface area contributed by atoms with Crippen molar-refractivity contribution in [3.63, 3.8) is 0 Å². The van der Waals surface area contributed by atoms with Crippen LogP contribution in [0.3, 0.4) is 0 Å². The van der Waals surface area contributed by atoms with E-state index in [1.165, 1.54) is 0 Å². The van der Waals surface area contributed by atoms with Crippen molar-refractivity contribution in [3.8, 4) is 0 Å². The topological polar surface area (TPSA) is 33.0 Å². The fourth-order valence-electron chi connectivity index (χ4n) is 2.40. The monoisotopic (exact) mass is 362 g/mol. The van der Waals surface area contributed by atoms with Gasteiger partial charge in [-0.3, -0.25) is 4.79 Å². The lowest BCUT2D eigenvalue weighted by atomic mass is 10.1. The number of aryl methyl sites for hydroxylation is 3. The maximum absolute atomic E-state index is 12.6. The lowest BCUT2D eigenvalue weighted by Crippen LogP contribution is -3.00. The Kier molecular flexibility index (Phi) is 7.25. The van der Waals surface area contributed by atoms with Gasteiger partial charge in [0, 0.05) is 24.2 Å². The summed E-state index contributed by atoms with van der Waals surface area (Å²) in [5, 5.41) is 3.05. The molecule has 0 aliphatic carbocycles. The summed E-state index contributed by atoms with van der Waals surface area (Å²) in [4.78, 5) is 12.6. The van der Waals surface area contributed by atoms with E-state index in [1.54, 1.807) is 0 Å². The van der Waals surface area contributed by atoms with E-state index in [0.29, 0.717) is 5.69 Å². The Morgan fingerprint density at radius 2 is 1.77 bits per heavy atom. The molecular weight excluding hydrogens is 340 g/mol. The molecule has 0 aliphatic rings. The smallest absolute Gasteiger partial charge is 0.320 e. The Morgan fingerprint density at radius 1 is 1.09 bits per heavy atom. The summed E-state index contributed by atoms with van der Waals surface area (Å²) in [7, 11) is 0. The molecule has 0 atom stereocenters. The number of unbranched alkanes of at least 4 members (excludes halogenated alkanes) is 1. The summed E-state index contributed by atoms with van der Waals surface area (Å²) in [6.07, 6.45) is 4.15. The number of hydrogen-bond acceptors (Lipinski definition) is 1. The molecule has 0 spiro atoms. The first-order valence-corrected chi connectivity index (χ1v) is 7.49. The summed E-state index contributed by atoms with van der Waals surface area (Å²) >= 11 is 0. The SMILES string of the molecule is CCCC[n+]1ccccc1C(=O)Nc1c(C)cccc1C.[Br-]. The van der Waals surface area contributed by atoms with Gasteiger partial charge in [-0.05, 0) is 31.0 Å². The van der Waals surface area contributed by atoms with Crippen LogP contribution in [-0.2, 0) is 6.54 Å². The zero-order valence-corrected chi connectivity index (χ0v) is 15.0. The van der Waals surface area contributed by atoms with E-state index in [-0.39, 0.29) is 22.9 Å². The molecule has 1 amide bonds. The third-order valence-electron chi connectivity index (χ3n) is 3.65. The van der Waals surface area contributed by atoms with Crippen molar-refractivity contribution in [1.29, 1.82) is 0 Å². The summed E-state index contributed by atoms with van der Waals surface area (Å²) in [5.74, 6) is -0.0518. The summed E-state index contributed by atoms with van der Waals surface area (Å²) in [6.45, 7) is 7.05. The third kappa shape index (κ3) is 4.41. The van der Waals surface area contributed by atoms with Crippen LogP contribution in [0.2, 0.25) is 0 Å². The normalized spacial score (nSPS) is 9.95. The number of carbonyl (C=O) groups is 1. The van der Waals surface area contributed by atoms with Crippen LogP contribution in [0, 0.1) is 13.8 Å². The average Bonchev–Trinajstić information content (AvgIpc) is 2.49. The average molecular weight is 363 g/mol. The van der Waals surface area contributed by atoms with E-state index in [1.807, 2.05) is 61.0 Å². The zero-order valence-electron chi connectivity index (χ0n) is 13.4. The molecular formula is C18H23BrN2O. The molecule has 4 heteroatoms. The Hall–Kier alpha value is -1.68. The minimum Gasteiger partial charge on any atom is -1.00 e. The van der Waals surface area contributed by atoms with Gasteiger partial charge < -0.3 is 22.3 Å². The van der Waals surface area contributed by atoms with Gasteiger partial charge in [0.2, 0.25) is 0 Å². The van der Waals surface area contributed by atoms with E-state index in [0.717, 1.165) is 36.2 Å². The van der Waals surface area contributed by atoms with E-state index >= 15 is 0 Å². The van der Waals surface area contributed by atoms with Crippen LogP contribution in [0.15, 0.2) is 42.6 Å². The fourth-order valence-corrected chi connectivity index (χ4v) is 2.40. The lowest BCUT2D eigenvalue weighted by Gasteiger charge is -2.11. The molecule has 0 aliphatic heterocycles. The van der Waals surface area contributed by atoms with Crippen molar-refractivity contribution in [2.24, 2.45) is 0 Å². The highest BCUT2D eigenvalue weighted by Gasteiger charge is 2.19. The molecule has 1 aromatic carbocycles. The lowest BCUT2D eigenvalue weighted by molar-refractivity contribution is -0.699. The highest BCUT2D eigenvalue weighted by atomic mass is 79.9. The first-order valence-electron chi connectivity index (χ1n) is 7.49. The molecule has 0 radical (unpaired) electrons. The van der Waals surface area contributed by atoms with E-state index in [4.69, 9.17) is 0 Å². The van der Waals surface area contributed by atoms with Gasteiger partial charge in [0.15, 0.2) is 6.20 Å². The Bertz CT molecular complexity index is 620. The fraction of sp³-hybridized carbons (Fsp3) is 0.333. The molecule has 118 valence electrons. The van der Waals surface area contributed by atoms with Gasteiger partial charge in [0.25, 0.3) is 5.69 Å². The minimum absolute atomic E-state index is 0. The van der Waals surface area contributed by atoms with E-state index < -0.39 is 0 Å². The molecule has 1 heterocycles. The number of para-hydroxylation sites is 1. The summed E-state index contributed by atoms with van der Waals surface area (Å²) in [5.41, 5.74) is 3.78. The number of amides is 1. The largest absolute Gasteiger partial charge is 1.00 e. The molecule has 0 fully saturated rings. The van der Waals surface area contributed by atoms with Crippen molar-refractivity contribution in [2.45, 2.75) is 40.2 Å². The predicted octanol–water partition coefficient (Wildman–Crippen LogP) is 0.647. The molecule has 1 N–H and O–H groups in total. The van der Waals surface area contributed by atoms with Gasteiger partial charge >= 0.3 is 5.91 Å². The highest BCUT2D eigenvalue weighted by molar-refractivity contribution is 6.02. The van der Waals surface area contributed by atoms with Crippen LogP contribution in [0.1, 0.15) is 41.4 Å².